The minimum Gasteiger partial charge on any atom is -0.448 e. The Morgan fingerprint density at radius 2 is 2.43 bits per heavy atom. The molecule has 1 saturated heterocycles. The first-order valence-electron chi connectivity index (χ1n) is 6.81. The van der Waals surface area contributed by atoms with E-state index in [1.165, 1.54) is 6.33 Å². The van der Waals surface area contributed by atoms with Crippen molar-refractivity contribution in [3.63, 3.8) is 0 Å². The summed E-state index contributed by atoms with van der Waals surface area (Å²) in [4.78, 5) is 24.7. The van der Waals surface area contributed by atoms with Crippen LogP contribution in [0.4, 0.5) is 10.6 Å². The van der Waals surface area contributed by atoms with E-state index in [1.807, 2.05) is 6.20 Å². The maximum absolute atomic E-state index is 11.4. The Hall–Kier alpha value is -1.83. The van der Waals surface area contributed by atoms with Gasteiger partial charge in [0.15, 0.2) is 0 Å². The van der Waals surface area contributed by atoms with E-state index < -0.39 is 0 Å². The molecule has 2 aromatic heterocycles. The summed E-state index contributed by atoms with van der Waals surface area (Å²) in [6.45, 7) is 3.90. The second-order valence-electron chi connectivity index (χ2n) is 5.02. The number of fused-ring (bicyclic) bond motifs is 1. The van der Waals surface area contributed by atoms with Gasteiger partial charge in [0.2, 0.25) is 0 Å². The van der Waals surface area contributed by atoms with Gasteiger partial charge < -0.3 is 19.9 Å². The number of H-pyrrole nitrogens is 1. The molecule has 1 aliphatic heterocycles. The van der Waals surface area contributed by atoms with Crippen LogP contribution < -0.4 is 5.32 Å². The molecule has 2 aromatic rings. The molecule has 112 valence electrons. The van der Waals surface area contributed by atoms with Crippen LogP contribution in [0, 0.1) is 0 Å². The molecule has 1 atom stereocenters. The third kappa shape index (κ3) is 2.94. The number of carbonyl (C=O) groups excluding carboxylic acids is 1. The number of nitrogens with zero attached hydrogens (tertiary/aromatic N) is 3. The number of halogens is 1. The zero-order valence-corrected chi connectivity index (χ0v) is 13.2. The summed E-state index contributed by atoms with van der Waals surface area (Å²) in [6.07, 6.45) is 3.97. The predicted octanol–water partition coefficient (Wildman–Crippen LogP) is 2.36. The molecule has 8 heteroatoms. The first-order valence-corrected chi connectivity index (χ1v) is 7.60. The number of hydrogen-bond donors (Lipinski definition) is 2. The van der Waals surface area contributed by atoms with Gasteiger partial charge in [-0.15, -0.1) is 0 Å². The fraction of sp³-hybridized carbons (Fsp3) is 0.462. The number of amides is 1. The Kier molecular flexibility index (Phi) is 3.96. The summed E-state index contributed by atoms with van der Waals surface area (Å²) in [5.41, 5.74) is 0.787. The van der Waals surface area contributed by atoms with Crippen molar-refractivity contribution in [2.45, 2.75) is 19.4 Å². The summed E-state index contributed by atoms with van der Waals surface area (Å²) in [5.74, 6) is 0.782. The second kappa shape index (κ2) is 5.88. The van der Waals surface area contributed by atoms with Crippen molar-refractivity contribution in [3.8, 4) is 0 Å². The number of carbonyl (C=O) groups is 1. The maximum Gasteiger partial charge on any atom is 0.409 e. The summed E-state index contributed by atoms with van der Waals surface area (Å²) in [6, 6.07) is 0.179. The van der Waals surface area contributed by atoms with Crippen molar-refractivity contribution >= 4 is 38.9 Å². The zero-order valence-electron chi connectivity index (χ0n) is 11.6. The van der Waals surface area contributed by atoms with Crippen LogP contribution in [0.15, 0.2) is 17.0 Å². The van der Waals surface area contributed by atoms with Gasteiger partial charge in [-0.3, -0.25) is 0 Å². The number of rotatable bonds is 5. The van der Waals surface area contributed by atoms with Crippen molar-refractivity contribution in [1.29, 1.82) is 0 Å². The molecule has 1 fully saturated rings. The Labute approximate surface area is 130 Å². The van der Waals surface area contributed by atoms with Crippen molar-refractivity contribution in [2.75, 3.05) is 25.0 Å². The quantitative estimate of drug-likeness (QED) is 0.861. The molecule has 0 aromatic carbocycles. The van der Waals surface area contributed by atoms with Crippen LogP contribution in [0.25, 0.3) is 11.0 Å². The van der Waals surface area contributed by atoms with Gasteiger partial charge in [0.05, 0.1) is 11.9 Å². The number of anilines is 1. The largest absolute Gasteiger partial charge is 0.448 e. The Morgan fingerprint density at radius 3 is 3.19 bits per heavy atom. The maximum atomic E-state index is 11.4. The van der Waals surface area contributed by atoms with Gasteiger partial charge in [0.25, 0.3) is 0 Å². The molecule has 21 heavy (non-hydrogen) atoms. The van der Waals surface area contributed by atoms with Gasteiger partial charge in [0, 0.05) is 23.3 Å². The number of nitrogens with one attached hydrogen (secondary N) is 2. The van der Waals surface area contributed by atoms with Crippen molar-refractivity contribution in [3.05, 3.63) is 17.0 Å². The van der Waals surface area contributed by atoms with Crippen LogP contribution in [-0.2, 0) is 4.74 Å². The van der Waals surface area contributed by atoms with E-state index in [-0.39, 0.29) is 12.1 Å². The Bertz CT molecular complexity index is 659. The van der Waals surface area contributed by atoms with E-state index >= 15 is 0 Å². The molecule has 0 aliphatic carbocycles. The Balaban J connectivity index is 1.64. The number of hydrogen-bond acceptors (Lipinski definition) is 5. The lowest BCUT2D eigenvalue weighted by atomic mass is 10.2. The van der Waals surface area contributed by atoms with Crippen LogP contribution in [0.2, 0.25) is 0 Å². The topological polar surface area (TPSA) is 83.1 Å². The minimum atomic E-state index is -0.222. The van der Waals surface area contributed by atoms with Crippen LogP contribution in [-0.4, -0.2) is 51.7 Å². The highest BCUT2D eigenvalue weighted by Crippen LogP contribution is 2.28. The van der Waals surface area contributed by atoms with Crippen molar-refractivity contribution in [2.24, 2.45) is 0 Å². The summed E-state index contributed by atoms with van der Waals surface area (Å²) in [5, 5.41) is 4.31. The molecule has 0 bridgehead atoms. The lowest BCUT2D eigenvalue weighted by Gasteiger charge is -2.18. The highest BCUT2D eigenvalue weighted by atomic mass is 79.9. The van der Waals surface area contributed by atoms with Gasteiger partial charge in [-0.2, -0.15) is 0 Å². The molecule has 0 unspecified atom stereocenters. The fourth-order valence-corrected chi connectivity index (χ4v) is 2.81. The van der Waals surface area contributed by atoms with Gasteiger partial charge in [-0.1, -0.05) is 0 Å². The molecule has 0 spiro atoms. The normalized spacial score (nSPS) is 16.3. The summed E-state index contributed by atoms with van der Waals surface area (Å²) < 4.78 is 5.84. The molecule has 0 radical (unpaired) electrons. The van der Waals surface area contributed by atoms with Crippen molar-refractivity contribution in [1.82, 2.24) is 19.9 Å². The third-order valence-electron chi connectivity index (χ3n) is 3.48. The van der Waals surface area contributed by atoms with Crippen molar-refractivity contribution < 1.29 is 9.53 Å². The van der Waals surface area contributed by atoms with E-state index in [0.717, 1.165) is 27.7 Å². The SMILES string of the molecule is C[C@H](CCN1CCOC1=O)Nc1ncnc2[nH]cc(Br)c12. The van der Waals surface area contributed by atoms with E-state index in [2.05, 4.69) is 43.1 Å². The molecule has 0 saturated carbocycles. The highest BCUT2D eigenvalue weighted by molar-refractivity contribution is 9.10. The van der Waals surface area contributed by atoms with Crippen LogP contribution in [0.3, 0.4) is 0 Å². The van der Waals surface area contributed by atoms with E-state index in [4.69, 9.17) is 4.74 Å². The zero-order chi connectivity index (χ0) is 14.8. The molecular weight excluding hydrogens is 338 g/mol. The Morgan fingerprint density at radius 1 is 1.57 bits per heavy atom. The predicted molar refractivity (Wildman–Crippen MR) is 82.2 cm³/mol. The lowest BCUT2D eigenvalue weighted by Crippen LogP contribution is -2.29. The first-order chi connectivity index (χ1) is 10.1. The van der Waals surface area contributed by atoms with Crippen LogP contribution in [0.5, 0.6) is 0 Å². The molecule has 7 nitrogen and oxygen atoms in total. The van der Waals surface area contributed by atoms with Gasteiger partial charge in [-0.05, 0) is 29.3 Å². The fourth-order valence-electron chi connectivity index (χ4n) is 2.32. The second-order valence-corrected chi connectivity index (χ2v) is 5.87. The average molecular weight is 354 g/mol. The molecule has 1 aliphatic rings. The molecule has 3 rings (SSSR count). The molecular formula is C13H16BrN5O2. The monoisotopic (exact) mass is 353 g/mol. The molecule has 1 amide bonds. The number of aromatic nitrogens is 3. The summed E-state index contributed by atoms with van der Waals surface area (Å²) >= 11 is 3.49. The highest BCUT2D eigenvalue weighted by Gasteiger charge is 2.22. The molecule has 3 heterocycles. The van der Waals surface area contributed by atoms with Crippen LogP contribution in [0.1, 0.15) is 13.3 Å². The van der Waals surface area contributed by atoms with Gasteiger partial charge in [0.1, 0.15) is 24.4 Å². The van der Waals surface area contributed by atoms with Crippen LogP contribution >= 0.6 is 15.9 Å². The van der Waals surface area contributed by atoms with E-state index in [0.29, 0.717) is 19.7 Å². The van der Waals surface area contributed by atoms with Gasteiger partial charge >= 0.3 is 6.09 Å². The van der Waals surface area contributed by atoms with E-state index in [1.54, 1.807) is 4.90 Å². The average Bonchev–Trinajstić information content (AvgIpc) is 3.04. The number of ether oxygens (including phenoxy) is 1. The van der Waals surface area contributed by atoms with E-state index in [9.17, 15) is 4.79 Å². The lowest BCUT2D eigenvalue weighted by molar-refractivity contribution is 0.158. The summed E-state index contributed by atoms with van der Waals surface area (Å²) in [7, 11) is 0. The standard InChI is InChI=1S/C13H16BrN5O2/c1-8(2-3-19-4-5-21-13(19)20)18-12-10-9(14)6-15-11(10)16-7-17-12/h6-8H,2-5H2,1H3,(H2,15,16,17,18)/t8-/m1/s1. The van der Waals surface area contributed by atoms with Gasteiger partial charge in [-0.25, -0.2) is 14.8 Å². The first kappa shape index (κ1) is 14.1. The minimum absolute atomic E-state index is 0.179. The smallest absolute Gasteiger partial charge is 0.409 e. The third-order valence-corrected chi connectivity index (χ3v) is 4.11. The number of aromatic amines is 1. The molecule has 2 N–H and O–H groups in total. The number of cyclic esters (lactones) is 1.